The van der Waals surface area contributed by atoms with Crippen molar-refractivity contribution in [1.29, 1.82) is 0 Å². The second-order valence-electron chi connectivity index (χ2n) is 4.79. The molecule has 0 spiro atoms. The number of hydrogen-bond acceptors (Lipinski definition) is 2. The van der Waals surface area contributed by atoms with E-state index in [1.165, 1.54) is 12.1 Å². The Kier molecular flexibility index (Phi) is 4.23. The Morgan fingerprint density at radius 3 is 2.38 bits per heavy atom. The van der Waals surface area contributed by atoms with Crippen LogP contribution in [0.2, 0.25) is 0 Å². The Morgan fingerprint density at radius 2 is 1.76 bits per heavy atom. The van der Waals surface area contributed by atoms with Crippen molar-refractivity contribution in [2.24, 2.45) is 0 Å². The van der Waals surface area contributed by atoms with Crippen molar-refractivity contribution in [1.82, 2.24) is 0 Å². The summed E-state index contributed by atoms with van der Waals surface area (Å²) in [6, 6.07) is 8.77. The van der Waals surface area contributed by atoms with E-state index in [0.717, 1.165) is 17.2 Å². The van der Waals surface area contributed by atoms with Gasteiger partial charge < -0.3 is 9.84 Å². The van der Waals surface area contributed by atoms with E-state index in [1.807, 2.05) is 13.0 Å². The van der Waals surface area contributed by atoms with E-state index >= 15 is 0 Å². The summed E-state index contributed by atoms with van der Waals surface area (Å²) in [5.41, 5.74) is 1.02. The summed E-state index contributed by atoms with van der Waals surface area (Å²) < 4.78 is 44.7. The first-order valence-corrected chi connectivity index (χ1v) is 6.38. The second kappa shape index (κ2) is 5.77. The molecule has 5 heteroatoms. The molecule has 0 aliphatic rings. The predicted molar refractivity (Wildman–Crippen MR) is 73.4 cm³/mol. The maximum atomic E-state index is 13.1. The summed E-state index contributed by atoms with van der Waals surface area (Å²) >= 11 is 0. The Labute approximate surface area is 120 Å². The van der Waals surface area contributed by atoms with Gasteiger partial charge in [-0.25, -0.2) is 0 Å². The standard InChI is InChI=1S/C16H15F3O2/c1-10-4-3-5-14(11(10)2)21-15-7-6-12(9-20)8-13(15)16(17,18)19/h3-8,20H,9H2,1-2H3. The van der Waals surface area contributed by atoms with Crippen LogP contribution in [0.5, 0.6) is 11.5 Å². The number of alkyl halides is 3. The molecule has 2 aromatic rings. The van der Waals surface area contributed by atoms with Gasteiger partial charge in [-0.3, -0.25) is 0 Å². The van der Waals surface area contributed by atoms with Crippen molar-refractivity contribution in [3.8, 4) is 11.5 Å². The molecular weight excluding hydrogens is 281 g/mol. The lowest BCUT2D eigenvalue weighted by atomic mass is 10.1. The van der Waals surface area contributed by atoms with Crippen molar-refractivity contribution < 1.29 is 23.0 Å². The third-order valence-corrected chi connectivity index (χ3v) is 3.31. The molecule has 0 saturated carbocycles. The largest absolute Gasteiger partial charge is 0.456 e. The molecule has 0 aliphatic heterocycles. The van der Waals surface area contributed by atoms with E-state index < -0.39 is 18.3 Å². The maximum Gasteiger partial charge on any atom is 0.419 e. The van der Waals surface area contributed by atoms with Crippen molar-refractivity contribution in [3.63, 3.8) is 0 Å². The molecule has 2 aromatic carbocycles. The zero-order valence-electron chi connectivity index (χ0n) is 11.7. The molecule has 112 valence electrons. The first-order valence-electron chi connectivity index (χ1n) is 6.38. The van der Waals surface area contributed by atoms with E-state index in [9.17, 15) is 13.2 Å². The molecule has 1 N–H and O–H groups in total. The van der Waals surface area contributed by atoms with Crippen LogP contribution in [0.4, 0.5) is 13.2 Å². The molecule has 0 aliphatic carbocycles. The van der Waals surface area contributed by atoms with Crippen molar-refractivity contribution in [2.75, 3.05) is 0 Å². The van der Waals surface area contributed by atoms with E-state index in [1.54, 1.807) is 19.1 Å². The lowest BCUT2D eigenvalue weighted by Gasteiger charge is -2.16. The average molecular weight is 296 g/mol. The van der Waals surface area contributed by atoms with Gasteiger partial charge in [0.25, 0.3) is 0 Å². The van der Waals surface area contributed by atoms with Crippen LogP contribution in [0.15, 0.2) is 36.4 Å². The van der Waals surface area contributed by atoms with Gasteiger partial charge in [0.1, 0.15) is 11.5 Å². The van der Waals surface area contributed by atoms with Crippen molar-refractivity contribution >= 4 is 0 Å². The fraction of sp³-hybridized carbons (Fsp3) is 0.250. The average Bonchev–Trinajstić information content (AvgIpc) is 2.43. The number of aryl methyl sites for hydroxylation is 1. The molecular formula is C16H15F3O2. The highest BCUT2D eigenvalue weighted by Crippen LogP contribution is 2.39. The van der Waals surface area contributed by atoms with Crippen LogP contribution in [0.25, 0.3) is 0 Å². The number of hydrogen-bond donors (Lipinski definition) is 1. The van der Waals surface area contributed by atoms with Crippen LogP contribution in [0, 0.1) is 13.8 Å². The highest BCUT2D eigenvalue weighted by atomic mass is 19.4. The molecule has 0 aromatic heterocycles. The smallest absolute Gasteiger partial charge is 0.419 e. The first-order chi connectivity index (χ1) is 9.82. The SMILES string of the molecule is Cc1cccc(Oc2ccc(CO)cc2C(F)(F)F)c1C. The van der Waals surface area contributed by atoms with Gasteiger partial charge in [-0.05, 0) is 48.7 Å². The molecule has 0 fully saturated rings. The Bertz CT molecular complexity index is 648. The van der Waals surface area contributed by atoms with E-state index in [0.29, 0.717) is 5.75 Å². The lowest BCUT2D eigenvalue weighted by Crippen LogP contribution is -2.08. The van der Waals surface area contributed by atoms with Crippen LogP contribution in [-0.2, 0) is 12.8 Å². The summed E-state index contributed by atoms with van der Waals surface area (Å²) in [5, 5.41) is 8.98. The van der Waals surface area contributed by atoms with E-state index in [-0.39, 0.29) is 11.3 Å². The number of ether oxygens (including phenoxy) is 1. The summed E-state index contributed by atoms with van der Waals surface area (Å²) in [4.78, 5) is 0. The Hall–Kier alpha value is -2.01. The van der Waals surface area contributed by atoms with Gasteiger partial charge in [0.2, 0.25) is 0 Å². The van der Waals surface area contributed by atoms with Gasteiger partial charge in [0, 0.05) is 0 Å². The highest BCUT2D eigenvalue weighted by molar-refractivity contribution is 5.45. The highest BCUT2D eigenvalue weighted by Gasteiger charge is 2.35. The maximum absolute atomic E-state index is 13.1. The van der Waals surface area contributed by atoms with Crippen LogP contribution in [0.3, 0.4) is 0 Å². The van der Waals surface area contributed by atoms with Crippen molar-refractivity contribution in [3.05, 3.63) is 58.7 Å². The van der Waals surface area contributed by atoms with Crippen LogP contribution < -0.4 is 4.74 Å². The van der Waals surface area contributed by atoms with Gasteiger partial charge in [-0.15, -0.1) is 0 Å². The number of aliphatic hydroxyl groups excluding tert-OH is 1. The number of rotatable bonds is 3. The third kappa shape index (κ3) is 3.36. The van der Waals surface area contributed by atoms with Gasteiger partial charge >= 0.3 is 6.18 Å². The molecule has 2 rings (SSSR count). The zero-order chi connectivity index (χ0) is 15.6. The minimum absolute atomic E-state index is 0.190. The quantitative estimate of drug-likeness (QED) is 0.896. The molecule has 0 unspecified atom stereocenters. The fourth-order valence-corrected chi connectivity index (χ4v) is 1.94. The Balaban J connectivity index is 2.46. The first kappa shape index (κ1) is 15.4. The van der Waals surface area contributed by atoms with Crippen LogP contribution in [-0.4, -0.2) is 5.11 Å². The molecule has 2 nitrogen and oxygen atoms in total. The lowest BCUT2D eigenvalue weighted by molar-refractivity contribution is -0.138. The van der Waals surface area contributed by atoms with Crippen LogP contribution >= 0.6 is 0 Å². The molecule has 0 saturated heterocycles. The molecule has 0 bridgehead atoms. The van der Waals surface area contributed by atoms with Gasteiger partial charge in [0.15, 0.2) is 0 Å². The summed E-state index contributed by atoms with van der Waals surface area (Å²) in [6.45, 7) is 3.20. The number of halogens is 3. The number of benzene rings is 2. The normalized spacial score (nSPS) is 11.5. The van der Waals surface area contributed by atoms with E-state index in [2.05, 4.69) is 0 Å². The summed E-state index contributed by atoms with van der Waals surface area (Å²) in [6.07, 6.45) is -4.54. The van der Waals surface area contributed by atoms with Gasteiger partial charge in [-0.2, -0.15) is 13.2 Å². The molecule has 0 radical (unpaired) electrons. The minimum atomic E-state index is -4.54. The summed E-state index contributed by atoms with van der Waals surface area (Å²) in [7, 11) is 0. The minimum Gasteiger partial charge on any atom is -0.456 e. The molecule has 0 heterocycles. The predicted octanol–water partition coefficient (Wildman–Crippen LogP) is 4.61. The zero-order valence-corrected chi connectivity index (χ0v) is 11.7. The monoisotopic (exact) mass is 296 g/mol. The van der Waals surface area contributed by atoms with Gasteiger partial charge in [-0.1, -0.05) is 18.2 Å². The summed E-state index contributed by atoms with van der Waals surface area (Å²) in [5.74, 6) is 0.116. The fourth-order valence-electron chi connectivity index (χ4n) is 1.94. The number of aliphatic hydroxyl groups is 1. The van der Waals surface area contributed by atoms with Crippen LogP contribution in [0.1, 0.15) is 22.3 Å². The third-order valence-electron chi connectivity index (χ3n) is 3.31. The second-order valence-corrected chi connectivity index (χ2v) is 4.79. The topological polar surface area (TPSA) is 29.5 Å². The molecule has 0 amide bonds. The van der Waals surface area contributed by atoms with E-state index in [4.69, 9.17) is 9.84 Å². The van der Waals surface area contributed by atoms with Crippen molar-refractivity contribution in [2.45, 2.75) is 26.6 Å². The molecule has 21 heavy (non-hydrogen) atoms. The Morgan fingerprint density at radius 1 is 1.05 bits per heavy atom. The molecule has 0 atom stereocenters. The van der Waals surface area contributed by atoms with Gasteiger partial charge in [0.05, 0.1) is 12.2 Å².